The zero-order chi connectivity index (χ0) is 20.3. The number of fused-ring (bicyclic) bond motifs is 1. The molecule has 1 unspecified atom stereocenters. The number of esters is 1. The molecule has 0 radical (unpaired) electrons. The van der Waals surface area contributed by atoms with Crippen molar-refractivity contribution in [3.8, 4) is 0 Å². The maximum atomic E-state index is 12.7. The summed E-state index contributed by atoms with van der Waals surface area (Å²) in [5.74, 6) is -1.22. The summed E-state index contributed by atoms with van der Waals surface area (Å²) in [6.45, 7) is 5.64. The first-order valence-electron chi connectivity index (χ1n) is 9.12. The fourth-order valence-corrected chi connectivity index (χ4v) is 3.08. The molecule has 1 N–H and O–H groups in total. The number of nitrogens with zero attached hydrogens (tertiary/aromatic N) is 1. The van der Waals surface area contributed by atoms with E-state index in [1.165, 1.54) is 13.8 Å². The zero-order valence-corrected chi connectivity index (χ0v) is 16.1. The van der Waals surface area contributed by atoms with E-state index in [-0.39, 0.29) is 5.78 Å². The molecule has 0 spiro atoms. The Morgan fingerprint density at radius 3 is 2.43 bits per heavy atom. The van der Waals surface area contributed by atoms with Crippen LogP contribution < -0.4 is 5.32 Å². The third-order valence-corrected chi connectivity index (χ3v) is 4.57. The van der Waals surface area contributed by atoms with E-state index in [9.17, 15) is 14.4 Å². The minimum atomic E-state index is -1.02. The van der Waals surface area contributed by atoms with Crippen LogP contribution in [0.5, 0.6) is 0 Å². The standard InChI is InChI=1S/C22H22N2O4/c1-4-24-13-18(17-10-6-8-12-20(17)24)22(27)28-15(3)21(26)23-19-11-7-5-9-16(19)14(2)25/h5-13,15H,4H2,1-3H3,(H,23,26). The minimum Gasteiger partial charge on any atom is -0.449 e. The van der Waals surface area contributed by atoms with Gasteiger partial charge in [-0.3, -0.25) is 9.59 Å². The van der Waals surface area contributed by atoms with Gasteiger partial charge in [0.2, 0.25) is 0 Å². The lowest BCUT2D eigenvalue weighted by atomic mass is 10.1. The predicted molar refractivity (Wildman–Crippen MR) is 108 cm³/mol. The largest absolute Gasteiger partial charge is 0.449 e. The van der Waals surface area contributed by atoms with Crippen LogP contribution >= 0.6 is 0 Å². The van der Waals surface area contributed by atoms with Gasteiger partial charge in [-0.15, -0.1) is 0 Å². The Morgan fingerprint density at radius 1 is 1.04 bits per heavy atom. The lowest BCUT2D eigenvalue weighted by molar-refractivity contribution is -0.123. The van der Waals surface area contributed by atoms with Crippen LogP contribution in [-0.4, -0.2) is 28.3 Å². The molecular formula is C22H22N2O4. The first kappa shape index (κ1) is 19.4. The van der Waals surface area contributed by atoms with Crippen molar-refractivity contribution < 1.29 is 19.1 Å². The molecule has 0 bridgehead atoms. The highest BCUT2D eigenvalue weighted by molar-refractivity contribution is 6.07. The van der Waals surface area contributed by atoms with Crippen LogP contribution in [0.4, 0.5) is 5.69 Å². The van der Waals surface area contributed by atoms with Gasteiger partial charge >= 0.3 is 5.97 Å². The number of rotatable bonds is 6. The summed E-state index contributed by atoms with van der Waals surface area (Å²) in [6, 6.07) is 14.3. The van der Waals surface area contributed by atoms with Crippen LogP contribution in [0.3, 0.4) is 0 Å². The molecular weight excluding hydrogens is 356 g/mol. The molecule has 0 fully saturated rings. The molecule has 1 heterocycles. The van der Waals surface area contributed by atoms with Gasteiger partial charge in [0.1, 0.15) is 0 Å². The van der Waals surface area contributed by atoms with Crippen molar-refractivity contribution in [2.75, 3.05) is 5.32 Å². The van der Waals surface area contributed by atoms with Gasteiger partial charge in [-0.2, -0.15) is 0 Å². The van der Waals surface area contributed by atoms with Crippen LogP contribution in [0.25, 0.3) is 10.9 Å². The van der Waals surface area contributed by atoms with Gasteiger partial charge in [-0.05, 0) is 39.0 Å². The molecule has 3 aromatic rings. The van der Waals surface area contributed by atoms with E-state index in [2.05, 4.69) is 5.32 Å². The van der Waals surface area contributed by atoms with E-state index in [1.807, 2.05) is 35.8 Å². The minimum absolute atomic E-state index is 0.159. The van der Waals surface area contributed by atoms with Crippen LogP contribution in [0, 0.1) is 0 Å². The number of hydrogen-bond donors (Lipinski definition) is 1. The fraction of sp³-hybridized carbons (Fsp3) is 0.227. The SMILES string of the molecule is CCn1cc(C(=O)OC(C)C(=O)Nc2ccccc2C(C)=O)c2ccccc21. The molecule has 1 amide bonds. The van der Waals surface area contributed by atoms with Crippen LogP contribution in [0.15, 0.2) is 54.7 Å². The zero-order valence-electron chi connectivity index (χ0n) is 16.1. The molecule has 0 saturated heterocycles. The molecule has 0 aliphatic carbocycles. The molecule has 144 valence electrons. The summed E-state index contributed by atoms with van der Waals surface area (Å²) in [6.07, 6.45) is 0.721. The van der Waals surface area contributed by atoms with Crippen molar-refractivity contribution in [2.24, 2.45) is 0 Å². The average molecular weight is 378 g/mol. The molecule has 0 aliphatic rings. The average Bonchev–Trinajstić information content (AvgIpc) is 3.07. The second kappa shape index (κ2) is 8.08. The van der Waals surface area contributed by atoms with Crippen LogP contribution in [0.1, 0.15) is 41.5 Å². The number of aromatic nitrogens is 1. The first-order chi connectivity index (χ1) is 13.4. The number of benzene rings is 2. The van der Waals surface area contributed by atoms with E-state index in [0.717, 1.165) is 10.9 Å². The highest BCUT2D eigenvalue weighted by Gasteiger charge is 2.23. The number of anilines is 1. The number of Topliss-reactive ketones (excluding diaryl/α,β-unsaturated/α-hetero) is 1. The van der Waals surface area contributed by atoms with Gasteiger partial charge in [0.05, 0.1) is 11.3 Å². The van der Waals surface area contributed by atoms with Crippen molar-refractivity contribution in [3.05, 3.63) is 65.9 Å². The molecule has 1 atom stereocenters. The van der Waals surface area contributed by atoms with Crippen molar-refractivity contribution in [3.63, 3.8) is 0 Å². The number of carbonyl (C=O) groups is 3. The van der Waals surface area contributed by atoms with Crippen molar-refractivity contribution >= 4 is 34.3 Å². The number of amides is 1. The highest BCUT2D eigenvalue weighted by Crippen LogP contribution is 2.23. The van der Waals surface area contributed by atoms with Gasteiger partial charge in [0.15, 0.2) is 11.9 Å². The molecule has 3 rings (SSSR count). The molecule has 6 heteroatoms. The summed E-state index contributed by atoms with van der Waals surface area (Å²) in [5, 5.41) is 3.44. The van der Waals surface area contributed by atoms with Crippen molar-refractivity contribution in [1.82, 2.24) is 4.57 Å². The Balaban J connectivity index is 1.76. The van der Waals surface area contributed by atoms with Gasteiger partial charge in [-0.1, -0.05) is 30.3 Å². The van der Waals surface area contributed by atoms with E-state index in [1.54, 1.807) is 30.5 Å². The van der Waals surface area contributed by atoms with Crippen molar-refractivity contribution in [2.45, 2.75) is 33.4 Å². The fourth-order valence-electron chi connectivity index (χ4n) is 3.08. The number of nitrogens with one attached hydrogen (secondary N) is 1. The van der Waals surface area contributed by atoms with Gasteiger partial charge < -0.3 is 14.6 Å². The Hall–Kier alpha value is -3.41. The first-order valence-corrected chi connectivity index (χ1v) is 9.12. The van der Waals surface area contributed by atoms with Gasteiger partial charge in [-0.25, -0.2) is 4.79 Å². The lowest BCUT2D eigenvalue weighted by Crippen LogP contribution is -2.30. The number of para-hydroxylation sites is 2. The Labute approximate surface area is 163 Å². The Bertz CT molecular complexity index is 1050. The molecule has 2 aromatic carbocycles. The second-order valence-corrected chi connectivity index (χ2v) is 6.48. The quantitative estimate of drug-likeness (QED) is 0.519. The van der Waals surface area contributed by atoms with Crippen LogP contribution in [-0.2, 0) is 16.1 Å². The summed E-state index contributed by atoms with van der Waals surface area (Å²) < 4.78 is 7.35. The molecule has 28 heavy (non-hydrogen) atoms. The number of ether oxygens (including phenoxy) is 1. The summed E-state index contributed by atoms with van der Waals surface area (Å²) in [7, 11) is 0. The van der Waals surface area contributed by atoms with Crippen LogP contribution in [0.2, 0.25) is 0 Å². The Morgan fingerprint density at radius 2 is 1.71 bits per heavy atom. The second-order valence-electron chi connectivity index (χ2n) is 6.48. The molecule has 1 aromatic heterocycles. The van der Waals surface area contributed by atoms with E-state index in [4.69, 9.17) is 4.74 Å². The van der Waals surface area contributed by atoms with Crippen molar-refractivity contribution in [1.29, 1.82) is 0 Å². The monoisotopic (exact) mass is 378 g/mol. The predicted octanol–water partition coefficient (Wildman–Crippen LogP) is 4.05. The number of hydrogen-bond acceptors (Lipinski definition) is 4. The molecule has 0 saturated carbocycles. The number of aryl methyl sites for hydroxylation is 1. The highest BCUT2D eigenvalue weighted by atomic mass is 16.5. The third-order valence-electron chi connectivity index (χ3n) is 4.57. The topological polar surface area (TPSA) is 77.4 Å². The normalized spacial score (nSPS) is 11.8. The number of carbonyl (C=O) groups excluding carboxylic acids is 3. The lowest BCUT2D eigenvalue weighted by Gasteiger charge is -2.14. The molecule has 6 nitrogen and oxygen atoms in total. The number of ketones is 1. The summed E-state index contributed by atoms with van der Waals surface area (Å²) in [5.41, 5.74) is 2.15. The summed E-state index contributed by atoms with van der Waals surface area (Å²) >= 11 is 0. The maximum absolute atomic E-state index is 12.7. The van der Waals surface area contributed by atoms with Gasteiger partial charge in [0, 0.05) is 29.2 Å². The van der Waals surface area contributed by atoms with E-state index in [0.29, 0.717) is 23.4 Å². The third kappa shape index (κ3) is 3.81. The van der Waals surface area contributed by atoms with E-state index < -0.39 is 18.0 Å². The molecule has 0 aliphatic heterocycles. The van der Waals surface area contributed by atoms with Gasteiger partial charge in [0.25, 0.3) is 5.91 Å². The Kier molecular flexibility index (Phi) is 5.59. The van der Waals surface area contributed by atoms with E-state index >= 15 is 0 Å². The maximum Gasteiger partial charge on any atom is 0.341 e. The summed E-state index contributed by atoms with van der Waals surface area (Å²) in [4.78, 5) is 36.8. The smallest absolute Gasteiger partial charge is 0.341 e.